The zero-order chi connectivity index (χ0) is 14.3. The first-order chi connectivity index (χ1) is 8.99. The van der Waals surface area contributed by atoms with E-state index in [4.69, 9.17) is 10.3 Å². The average molecular weight is 267 g/mol. The summed E-state index contributed by atoms with van der Waals surface area (Å²) in [6, 6.07) is 0. The SMILES string of the molecule is CC(C)CN=C(N)NCCCc1nc(C(C)C)no1. The molecule has 0 atom stereocenters. The first kappa shape index (κ1) is 15.5. The molecule has 1 rings (SSSR count). The van der Waals surface area contributed by atoms with Gasteiger partial charge in [-0.1, -0.05) is 32.9 Å². The third-order valence-corrected chi connectivity index (χ3v) is 2.50. The van der Waals surface area contributed by atoms with Crippen LogP contribution in [0.4, 0.5) is 0 Å². The molecule has 0 aliphatic carbocycles. The highest BCUT2D eigenvalue weighted by Gasteiger charge is 2.08. The van der Waals surface area contributed by atoms with E-state index in [0.29, 0.717) is 23.7 Å². The lowest BCUT2D eigenvalue weighted by molar-refractivity contribution is 0.368. The quantitative estimate of drug-likeness (QED) is 0.446. The van der Waals surface area contributed by atoms with Crippen molar-refractivity contribution in [3.8, 4) is 0 Å². The van der Waals surface area contributed by atoms with Gasteiger partial charge in [0.05, 0.1) is 0 Å². The smallest absolute Gasteiger partial charge is 0.226 e. The maximum absolute atomic E-state index is 5.73. The fourth-order valence-corrected chi connectivity index (χ4v) is 1.40. The van der Waals surface area contributed by atoms with Crippen molar-refractivity contribution in [1.29, 1.82) is 0 Å². The zero-order valence-corrected chi connectivity index (χ0v) is 12.3. The first-order valence-electron chi connectivity index (χ1n) is 6.85. The van der Waals surface area contributed by atoms with Crippen LogP contribution < -0.4 is 11.1 Å². The van der Waals surface area contributed by atoms with Crippen LogP contribution in [0.2, 0.25) is 0 Å². The van der Waals surface area contributed by atoms with Gasteiger partial charge >= 0.3 is 0 Å². The van der Waals surface area contributed by atoms with E-state index < -0.39 is 0 Å². The number of hydrogen-bond acceptors (Lipinski definition) is 4. The maximum Gasteiger partial charge on any atom is 0.226 e. The highest BCUT2D eigenvalue weighted by atomic mass is 16.5. The Hall–Kier alpha value is -1.59. The van der Waals surface area contributed by atoms with Crippen molar-refractivity contribution in [2.45, 2.75) is 46.5 Å². The van der Waals surface area contributed by atoms with Gasteiger partial charge in [-0.2, -0.15) is 4.98 Å². The number of aryl methyl sites for hydroxylation is 1. The summed E-state index contributed by atoms with van der Waals surface area (Å²) in [5.41, 5.74) is 5.73. The highest BCUT2D eigenvalue weighted by molar-refractivity contribution is 5.77. The molecule has 3 N–H and O–H groups in total. The summed E-state index contributed by atoms with van der Waals surface area (Å²) in [6.45, 7) is 9.81. The van der Waals surface area contributed by atoms with Crippen molar-refractivity contribution in [2.24, 2.45) is 16.6 Å². The summed E-state index contributed by atoms with van der Waals surface area (Å²) in [6.07, 6.45) is 1.64. The lowest BCUT2D eigenvalue weighted by Gasteiger charge is -2.05. The summed E-state index contributed by atoms with van der Waals surface area (Å²) in [4.78, 5) is 8.55. The molecule has 0 aliphatic heterocycles. The van der Waals surface area contributed by atoms with Crippen LogP contribution in [-0.2, 0) is 6.42 Å². The Morgan fingerprint density at radius 2 is 2.11 bits per heavy atom. The Balaban J connectivity index is 2.21. The van der Waals surface area contributed by atoms with E-state index >= 15 is 0 Å². The topological polar surface area (TPSA) is 89.3 Å². The van der Waals surface area contributed by atoms with Crippen molar-refractivity contribution < 1.29 is 4.52 Å². The number of rotatable bonds is 7. The van der Waals surface area contributed by atoms with Crippen LogP contribution in [0, 0.1) is 5.92 Å². The van der Waals surface area contributed by atoms with E-state index in [0.717, 1.165) is 31.8 Å². The summed E-state index contributed by atoms with van der Waals surface area (Å²) in [7, 11) is 0. The van der Waals surface area contributed by atoms with Gasteiger partial charge in [0.25, 0.3) is 0 Å². The minimum atomic E-state index is 0.300. The molecule has 6 nitrogen and oxygen atoms in total. The molecule has 0 bridgehead atoms. The monoisotopic (exact) mass is 267 g/mol. The number of hydrogen-bond donors (Lipinski definition) is 2. The predicted octanol–water partition coefficient (Wildman–Crippen LogP) is 1.69. The first-order valence-corrected chi connectivity index (χ1v) is 6.85. The van der Waals surface area contributed by atoms with Crippen LogP contribution >= 0.6 is 0 Å². The molecule has 0 unspecified atom stereocenters. The summed E-state index contributed by atoms with van der Waals surface area (Å²) >= 11 is 0. The number of aliphatic imine (C=N–C) groups is 1. The molecule has 0 aliphatic rings. The molecule has 1 heterocycles. The number of nitrogens with one attached hydrogen (secondary N) is 1. The van der Waals surface area contributed by atoms with Crippen LogP contribution in [0.3, 0.4) is 0 Å². The van der Waals surface area contributed by atoms with Gasteiger partial charge in [-0.3, -0.25) is 4.99 Å². The van der Waals surface area contributed by atoms with E-state index in [1.807, 2.05) is 13.8 Å². The lowest BCUT2D eigenvalue weighted by atomic mass is 10.2. The van der Waals surface area contributed by atoms with Gasteiger partial charge in [0.15, 0.2) is 11.8 Å². The summed E-state index contributed by atoms with van der Waals surface area (Å²) in [5, 5.41) is 7.00. The number of nitrogens with two attached hydrogens (primary N) is 1. The molecule has 19 heavy (non-hydrogen) atoms. The van der Waals surface area contributed by atoms with E-state index in [1.165, 1.54) is 0 Å². The Labute approximate surface area is 114 Å². The Morgan fingerprint density at radius 1 is 1.37 bits per heavy atom. The van der Waals surface area contributed by atoms with E-state index in [2.05, 4.69) is 34.3 Å². The average Bonchev–Trinajstić information content (AvgIpc) is 2.81. The fraction of sp³-hybridized carbons (Fsp3) is 0.769. The van der Waals surface area contributed by atoms with Crippen LogP contribution in [0.25, 0.3) is 0 Å². The van der Waals surface area contributed by atoms with E-state index in [-0.39, 0.29) is 0 Å². The van der Waals surface area contributed by atoms with Gasteiger partial charge in [-0.05, 0) is 12.3 Å². The number of aromatic nitrogens is 2. The molecule has 108 valence electrons. The molecule has 6 heteroatoms. The maximum atomic E-state index is 5.73. The summed E-state index contributed by atoms with van der Waals surface area (Å²) < 4.78 is 5.16. The molecule has 0 spiro atoms. The van der Waals surface area contributed by atoms with Gasteiger partial charge in [-0.25, -0.2) is 0 Å². The van der Waals surface area contributed by atoms with Crippen molar-refractivity contribution in [3.05, 3.63) is 11.7 Å². The molecule has 1 aromatic heterocycles. The molecule has 0 saturated heterocycles. The van der Waals surface area contributed by atoms with E-state index in [1.54, 1.807) is 0 Å². The molecule has 0 radical (unpaired) electrons. The number of guanidine groups is 1. The fourth-order valence-electron chi connectivity index (χ4n) is 1.40. The van der Waals surface area contributed by atoms with Gasteiger partial charge in [0.1, 0.15) is 0 Å². The molecule has 0 aromatic carbocycles. The number of nitrogens with zero attached hydrogens (tertiary/aromatic N) is 3. The van der Waals surface area contributed by atoms with Gasteiger partial charge < -0.3 is 15.6 Å². The van der Waals surface area contributed by atoms with Gasteiger partial charge in [0, 0.05) is 25.4 Å². The van der Waals surface area contributed by atoms with Crippen molar-refractivity contribution in [2.75, 3.05) is 13.1 Å². The van der Waals surface area contributed by atoms with Crippen LogP contribution in [0.5, 0.6) is 0 Å². The Morgan fingerprint density at radius 3 is 2.68 bits per heavy atom. The lowest BCUT2D eigenvalue weighted by Crippen LogP contribution is -2.33. The second-order valence-corrected chi connectivity index (χ2v) is 5.35. The normalized spacial score (nSPS) is 12.4. The molecular weight excluding hydrogens is 242 g/mol. The Kier molecular flexibility index (Phi) is 6.32. The molecule has 0 saturated carbocycles. The minimum absolute atomic E-state index is 0.300. The zero-order valence-electron chi connectivity index (χ0n) is 12.3. The predicted molar refractivity (Wildman–Crippen MR) is 76.0 cm³/mol. The third-order valence-electron chi connectivity index (χ3n) is 2.50. The minimum Gasteiger partial charge on any atom is -0.370 e. The van der Waals surface area contributed by atoms with Crippen molar-refractivity contribution in [1.82, 2.24) is 15.5 Å². The third kappa shape index (κ3) is 6.22. The summed E-state index contributed by atoms with van der Waals surface area (Å²) in [5.74, 6) is 2.77. The standard InChI is InChI=1S/C13H25N5O/c1-9(2)8-16-13(14)15-7-5-6-11-17-12(10(3)4)18-19-11/h9-10H,5-8H2,1-4H3,(H3,14,15,16). The van der Waals surface area contributed by atoms with E-state index in [9.17, 15) is 0 Å². The molecule has 0 fully saturated rings. The second-order valence-electron chi connectivity index (χ2n) is 5.35. The van der Waals surface area contributed by atoms with Crippen LogP contribution in [0.1, 0.15) is 51.7 Å². The second kappa shape index (κ2) is 7.76. The van der Waals surface area contributed by atoms with Gasteiger partial charge in [0.2, 0.25) is 5.89 Å². The highest BCUT2D eigenvalue weighted by Crippen LogP contribution is 2.10. The van der Waals surface area contributed by atoms with Crippen LogP contribution in [0.15, 0.2) is 9.52 Å². The molecule has 0 amide bonds. The van der Waals surface area contributed by atoms with Crippen LogP contribution in [-0.4, -0.2) is 29.2 Å². The van der Waals surface area contributed by atoms with Crippen molar-refractivity contribution in [3.63, 3.8) is 0 Å². The van der Waals surface area contributed by atoms with Crippen molar-refractivity contribution >= 4 is 5.96 Å². The largest absolute Gasteiger partial charge is 0.370 e. The van der Waals surface area contributed by atoms with Gasteiger partial charge in [-0.15, -0.1) is 0 Å². The molecule has 1 aromatic rings. The Bertz CT molecular complexity index is 397. The molecular formula is C13H25N5O.